The predicted molar refractivity (Wildman–Crippen MR) is 79.2 cm³/mol. The summed E-state index contributed by atoms with van der Waals surface area (Å²) in [5, 5.41) is 10.7. The van der Waals surface area contributed by atoms with Gasteiger partial charge < -0.3 is 4.74 Å². The van der Waals surface area contributed by atoms with Gasteiger partial charge in [-0.3, -0.25) is 10.1 Å². The van der Waals surface area contributed by atoms with Crippen LogP contribution in [-0.2, 0) is 6.61 Å². The van der Waals surface area contributed by atoms with Gasteiger partial charge in [0, 0.05) is 11.6 Å². The minimum Gasteiger partial charge on any atom is -0.486 e. The van der Waals surface area contributed by atoms with Gasteiger partial charge in [0.1, 0.15) is 12.4 Å². The SMILES string of the molecule is O=[N+]([O-])c1cccc(COc2c(Br)cccc2Br)c1F. The van der Waals surface area contributed by atoms with Crippen LogP contribution in [0.2, 0.25) is 0 Å². The Balaban J connectivity index is 2.24. The van der Waals surface area contributed by atoms with Gasteiger partial charge in [-0.25, -0.2) is 0 Å². The molecule has 0 amide bonds. The van der Waals surface area contributed by atoms with Gasteiger partial charge in [-0.05, 0) is 44.0 Å². The first-order valence-electron chi connectivity index (χ1n) is 5.49. The molecule has 0 bridgehead atoms. The molecule has 0 aliphatic rings. The van der Waals surface area contributed by atoms with Gasteiger partial charge in [0.15, 0.2) is 0 Å². The van der Waals surface area contributed by atoms with Crippen LogP contribution in [0, 0.1) is 15.9 Å². The molecule has 0 aliphatic carbocycles. The van der Waals surface area contributed by atoms with E-state index >= 15 is 0 Å². The number of halogens is 3. The lowest BCUT2D eigenvalue weighted by molar-refractivity contribution is -0.387. The number of hydrogen-bond donors (Lipinski definition) is 0. The zero-order valence-corrected chi connectivity index (χ0v) is 13.1. The largest absolute Gasteiger partial charge is 0.486 e. The van der Waals surface area contributed by atoms with Crippen LogP contribution in [0.15, 0.2) is 45.3 Å². The zero-order valence-electron chi connectivity index (χ0n) is 9.98. The monoisotopic (exact) mass is 403 g/mol. The molecular formula is C13H8Br2FNO3. The molecule has 0 aromatic heterocycles. The van der Waals surface area contributed by atoms with Crippen LogP contribution in [0.5, 0.6) is 5.75 Å². The van der Waals surface area contributed by atoms with Crippen LogP contribution in [0.4, 0.5) is 10.1 Å². The van der Waals surface area contributed by atoms with Crippen molar-refractivity contribution in [2.24, 2.45) is 0 Å². The van der Waals surface area contributed by atoms with Crippen molar-refractivity contribution < 1.29 is 14.1 Å². The fourth-order valence-corrected chi connectivity index (χ4v) is 2.82. The molecule has 2 aromatic carbocycles. The molecule has 2 aromatic rings. The summed E-state index contributed by atoms with van der Waals surface area (Å²) >= 11 is 6.64. The molecular weight excluding hydrogens is 397 g/mol. The van der Waals surface area contributed by atoms with Gasteiger partial charge in [-0.15, -0.1) is 0 Å². The van der Waals surface area contributed by atoms with Crippen LogP contribution in [0.3, 0.4) is 0 Å². The van der Waals surface area contributed by atoms with Crippen molar-refractivity contribution in [2.75, 3.05) is 0 Å². The van der Waals surface area contributed by atoms with E-state index < -0.39 is 16.4 Å². The molecule has 20 heavy (non-hydrogen) atoms. The molecule has 0 aliphatic heterocycles. The maximum atomic E-state index is 13.9. The van der Waals surface area contributed by atoms with Crippen LogP contribution in [0.25, 0.3) is 0 Å². The summed E-state index contributed by atoms with van der Waals surface area (Å²) in [7, 11) is 0. The van der Waals surface area contributed by atoms with Crippen LogP contribution >= 0.6 is 31.9 Å². The molecule has 4 nitrogen and oxygen atoms in total. The molecule has 2 rings (SSSR count). The van der Waals surface area contributed by atoms with Gasteiger partial charge in [0.2, 0.25) is 5.82 Å². The van der Waals surface area contributed by atoms with Crippen LogP contribution in [0.1, 0.15) is 5.56 Å². The van der Waals surface area contributed by atoms with Gasteiger partial charge in [0.25, 0.3) is 0 Å². The Labute approximate surface area is 131 Å². The number of hydrogen-bond acceptors (Lipinski definition) is 3. The second-order valence-electron chi connectivity index (χ2n) is 3.85. The highest BCUT2D eigenvalue weighted by molar-refractivity contribution is 9.11. The standard InChI is InChI=1S/C13H8Br2FNO3/c14-9-4-2-5-10(15)13(9)20-7-8-3-1-6-11(12(8)16)17(18)19/h1-6H,7H2. The summed E-state index contributed by atoms with van der Waals surface area (Å²) in [5.74, 6) is -0.362. The lowest BCUT2D eigenvalue weighted by Gasteiger charge is -2.10. The molecule has 0 saturated carbocycles. The maximum Gasteiger partial charge on any atom is 0.305 e. The number of rotatable bonds is 4. The second kappa shape index (κ2) is 6.32. The number of nitro benzene ring substituents is 1. The number of para-hydroxylation sites is 1. The summed E-state index contributed by atoms with van der Waals surface area (Å²) in [6.07, 6.45) is 0. The first-order valence-corrected chi connectivity index (χ1v) is 7.08. The smallest absolute Gasteiger partial charge is 0.305 e. The average molecular weight is 405 g/mol. The van der Waals surface area contributed by atoms with E-state index in [1.165, 1.54) is 12.1 Å². The summed E-state index contributed by atoms with van der Waals surface area (Å²) in [6.45, 7) is -0.102. The highest BCUT2D eigenvalue weighted by Crippen LogP contribution is 2.34. The molecule has 0 N–H and O–H groups in total. The highest BCUT2D eigenvalue weighted by Gasteiger charge is 2.18. The summed E-state index contributed by atoms with van der Waals surface area (Å²) < 4.78 is 20.8. The normalized spacial score (nSPS) is 10.3. The molecule has 0 heterocycles. The van der Waals surface area contributed by atoms with E-state index in [0.717, 1.165) is 6.07 Å². The Morgan fingerprint density at radius 3 is 2.35 bits per heavy atom. The minimum absolute atomic E-state index is 0.102. The number of benzene rings is 2. The summed E-state index contributed by atoms with van der Waals surface area (Å²) in [4.78, 5) is 9.91. The molecule has 0 radical (unpaired) electrons. The van der Waals surface area contributed by atoms with Gasteiger partial charge in [-0.2, -0.15) is 4.39 Å². The first-order chi connectivity index (χ1) is 9.50. The fraction of sp³-hybridized carbons (Fsp3) is 0.0769. The highest BCUT2D eigenvalue weighted by atomic mass is 79.9. The third kappa shape index (κ3) is 3.16. The Morgan fingerprint density at radius 1 is 1.15 bits per heavy atom. The Bertz CT molecular complexity index is 644. The van der Waals surface area contributed by atoms with Crippen molar-refractivity contribution in [1.82, 2.24) is 0 Å². The molecule has 0 unspecified atom stereocenters. The van der Waals surface area contributed by atoms with E-state index in [-0.39, 0.29) is 12.2 Å². The fourth-order valence-electron chi connectivity index (χ4n) is 1.59. The van der Waals surface area contributed by atoms with E-state index in [1.54, 1.807) is 12.1 Å². The molecule has 0 spiro atoms. The van der Waals surface area contributed by atoms with Crippen molar-refractivity contribution in [3.63, 3.8) is 0 Å². The molecule has 0 atom stereocenters. The van der Waals surface area contributed by atoms with Gasteiger partial charge in [-0.1, -0.05) is 18.2 Å². The third-order valence-corrected chi connectivity index (χ3v) is 3.79. The number of ether oxygens (including phenoxy) is 1. The van der Waals surface area contributed by atoms with Gasteiger partial charge in [0.05, 0.1) is 13.9 Å². The maximum absolute atomic E-state index is 13.9. The predicted octanol–water partition coefficient (Wildman–Crippen LogP) is 4.84. The topological polar surface area (TPSA) is 52.4 Å². The first kappa shape index (κ1) is 14.9. The minimum atomic E-state index is -0.874. The molecule has 0 fully saturated rings. The van der Waals surface area contributed by atoms with Crippen molar-refractivity contribution in [3.8, 4) is 5.75 Å². The number of nitrogens with zero attached hydrogens (tertiary/aromatic N) is 1. The van der Waals surface area contributed by atoms with E-state index in [4.69, 9.17) is 4.74 Å². The summed E-state index contributed by atoms with van der Waals surface area (Å²) in [5.41, 5.74) is -0.431. The van der Waals surface area contributed by atoms with E-state index in [0.29, 0.717) is 14.7 Å². The second-order valence-corrected chi connectivity index (χ2v) is 5.56. The third-order valence-electron chi connectivity index (χ3n) is 2.55. The van der Waals surface area contributed by atoms with E-state index in [9.17, 15) is 14.5 Å². The van der Waals surface area contributed by atoms with Crippen molar-refractivity contribution in [1.29, 1.82) is 0 Å². The Hall–Kier alpha value is -1.47. The molecule has 104 valence electrons. The Kier molecular flexibility index (Phi) is 4.72. The zero-order chi connectivity index (χ0) is 14.7. The van der Waals surface area contributed by atoms with Crippen LogP contribution < -0.4 is 4.74 Å². The molecule has 0 saturated heterocycles. The lowest BCUT2D eigenvalue weighted by Crippen LogP contribution is -2.02. The number of nitro groups is 1. The van der Waals surface area contributed by atoms with Crippen molar-refractivity contribution in [2.45, 2.75) is 6.61 Å². The summed E-state index contributed by atoms with van der Waals surface area (Å²) in [6, 6.07) is 9.37. The van der Waals surface area contributed by atoms with Crippen molar-refractivity contribution in [3.05, 3.63) is 66.8 Å². The lowest BCUT2D eigenvalue weighted by atomic mass is 10.2. The van der Waals surface area contributed by atoms with Gasteiger partial charge >= 0.3 is 5.69 Å². The quantitative estimate of drug-likeness (QED) is 0.541. The Morgan fingerprint density at radius 2 is 1.75 bits per heavy atom. The van der Waals surface area contributed by atoms with E-state index in [2.05, 4.69) is 31.9 Å². The average Bonchev–Trinajstić information content (AvgIpc) is 2.39. The van der Waals surface area contributed by atoms with E-state index in [1.807, 2.05) is 6.07 Å². The molecule has 7 heteroatoms. The van der Waals surface area contributed by atoms with Crippen LogP contribution in [-0.4, -0.2) is 4.92 Å². The van der Waals surface area contributed by atoms with Crippen molar-refractivity contribution >= 4 is 37.5 Å².